The molecule has 7 nitrogen and oxygen atoms in total. The summed E-state index contributed by atoms with van der Waals surface area (Å²) in [4.78, 5) is 16.8. The van der Waals surface area contributed by atoms with Crippen LogP contribution in [0.25, 0.3) is 22.5 Å². The fraction of sp³-hybridized carbons (Fsp3) is 0.0769. The molecule has 1 N–H and O–H groups in total. The lowest BCUT2D eigenvalue weighted by molar-refractivity contribution is 0.913. The minimum Gasteiger partial charge on any atom is -0.280 e. The molecule has 0 unspecified atom stereocenters. The molecule has 0 aliphatic rings. The Bertz CT molecular complexity index is 979. The summed E-state index contributed by atoms with van der Waals surface area (Å²) < 4.78 is 3.04. The molecule has 7 heteroatoms. The van der Waals surface area contributed by atoms with Crippen LogP contribution in [-0.2, 0) is 0 Å². The second-order valence-electron chi connectivity index (χ2n) is 4.51. The summed E-state index contributed by atoms with van der Waals surface area (Å²) >= 11 is 0. The van der Waals surface area contributed by atoms with Gasteiger partial charge in [-0.1, -0.05) is 18.2 Å². The van der Waals surface area contributed by atoms with E-state index in [9.17, 15) is 4.79 Å². The van der Waals surface area contributed by atoms with E-state index in [4.69, 9.17) is 0 Å². The minimum absolute atomic E-state index is 0.217. The predicted molar refractivity (Wildman–Crippen MR) is 73.0 cm³/mol. The SMILES string of the molecule is Cc1[nH]nc2nc3n(-c4ccccc4)cnn3c(=O)c12. The summed E-state index contributed by atoms with van der Waals surface area (Å²) in [5.74, 6) is 0.445. The second-order valence-corrected chi connectivity index (χ2v) is 4.51. The molecule has 0 fully saturated rings. The maximum absolute atomic E-state index is 12.4. The van der Waals surface area contributed by atoms with Crippen LogP contribution in [0.2, 0.25) is 0 Å². The quantitative estimate of drug-likeness (QED) is 0.558. The van der Waals surface area contributed by atoms with Gasteiger partial charge in [-0.3, -0.25) is 14.5 Å². The summed E-state index contributed by atoms with van der Waals surface area (Å²) in [5, 5.41) is 11.4. The molecule has 4 aromatic rings. The van der Waals surface area contributed by atoms with Gasteiger partial charge in [0.2, 0.25) is 5.78 Å². The van der Waals surface area contributed by atoms with Crippen LogP contribution < -0.4 is 5.56 Å². The zero-order valence-corrected chi connectivity index (χ0v) is 10.6. The molecule has 1 aromatic carbocycles. The van der Waals surface area contributed by atoms with E-state index >= 15 is 0 Å². The standard InChI is InChI=1S/C13H10N6O/c1-8-10-11(17-16-8)15-13-18(7-14-19(13)12(10)20)9-5-3-2-4-6-9/h2-7H,1H3,(H,16,17). The van der Waals surface area contributed by atoms with Crippen LogP contribution in [0, 0.1) is 6.92 Å². The van der Waals surface area contributed by atoms with Crippen molar-refractivity contribution in [3.05, 3.63) is 52.7 Å². The third-order valence-corrected chi connectivity index (χ3v) is 3.26. The number of aromatic amines is 1. The lowest BCUT2D eigenvalue weighted by atomic mass is 10.3. The molecule has 0 radical (unpaired) electrons. The van der Waals surface area contributed by atoms with E-state index in [-0.39, 0.29) is 5.56 Å². The molecular weight excluding hydrogens is 256 g/mol. The van der Waals surface area contributed by atoms with Crippen molar-refractivity contribution in [2.75, 3.05) is 0 Å². The Morgan fingerprint density at radius 2 is 2.00 bits per heavy atom. The van der Waals surface area contributed by atoms with Crippen molar-refractivity contribution in [3.8, 4) is 5.69 Å². The molecule has 0 saturated carbocycles. The molecular formula is C13H10N6O. The summed E-state index contributed by atoms with van der Waals surface area (Å²) in [6, 6.07) is 9.61. The van der Waals surface area contributed by atoms with Gasteiger partial charge in [0, 0.05) is 5.69 Å². The monoisotopic (exact) mass is 266 g/mol. The molecule has 20 heavy (non-hydrogen) atoms. The molecule has 0 spiro atoms. The third kappa shape index (κ3) is 1.34. The molecule has 0 saturated heterocycles. The molecule has 0 aliphatic carbocycles. The zero-order chi connectivity index (χ0) is 13.7. The number of nitrogens with one attached hydrogen (secondary N) is 1. The summed E-state index contributed by atoms with van der Waals surface area (Å²) in [7, 11) is 0. The first-order valence-electron chi connectivity index (χ1n) is 6.12. The van der Waals surface area contributed by atoms with Crippen LogP contribution in [0.15, 0.2) is 41.5 Å². The van der Waals surface area contributed by atoms with E-state index in [1.54, 1.807) is 17.8 Å². The number of aromatic nitrogens is 6. The molecule has 0 bridgehead atoms. The number of fused-ring (bicyclic) bond motifs is 2. The molecule has 0 aliphatic heterocycles. The van der Waals surface area contributed by atoms with Crippen molar-refractivity contribution in [2.24, 2.45) is 0 Å². The number of hydrogen-bond donors (Lipinski definition) is 1. The Hall–Kier alpha value is -2.96. The van der Waals surface area contributed by atoms with E-state index in [1.165, 1.54) is 4.52 Å². The van der Waals surface area contributed by atoms with E-state index in [0.29, 0.717) is 22.5 Å². The van der Waals surface area contributed by atoms with Crippen molar-refractivity contribution in [3.63, 3.8) is 0 Å². The Labute approximate surface area is 112 Å². The first kappa shape index (κ1) is 10.9. The minimum atomic E-state index is -0.217. The van der Waals surface area contributed by atoms with Gasteiger partial charge < -0.3 is 0 Å². The normalized spacial score (nSPS) is 11.4. The van der Waals surface area contributed by atoms with Gasteiger partial charge in [-0.25, -0.2) is 0 Å². The molecule has 4 rings (SSSR count). The number of hydrogen-bond acceptors (Lipinski definition) is 4. The summed E-state index contributed by atoms with van der Waals surface area (Å²) in [6.07, 6.45) is 1.58. The topological polar surface area (TPSA) is 80.9 Å². The van der Waals surface area contributed by atoms with Gasteiger partial charge in [0.1, 0.15) is 11.7 Å². The fourth-order valence-electron chi connectivity index (χ4n) is 2.28. The fourth-order valence-corrected chi connectivity index (χ4v) is 2.28. The summed E-state index contributed by atoms with van der Waals surface area (Å²) in [5.41, 5.74) is 1.78. The van der Waals surface area contributed by atoms with Gasteiger partial charge in [-0.05, 0) is 19.1 Å². The van der Waals surface area contributed by atoms with E-state index in [2.05, 4.69) is 20.3 Å². The highest BCUT2D eigenvalue weighted by molar-refractivity contribution is 5.77. The lowest BCUT2D eigenvalue weighted by Crippen LogP contribution is -2.16. The highest BCUT2D eigenvalue weighted by atomic mass is 16.1. The Kier molecular flexibility index (Phi) is 2.06. The second kappa shape index (κ2) is 3.77. The maximum atomic E-state index is 12.4. The summed E-state index contributed by atoms with van der Waals surface area (Å²) in [6.45, 7) is 1.79. The highest BCUT2D eigenvalue weighted by Crippen LogP contribution is 2.13. The van der Waals surface area contributed by atoms with Gasteiger partial charge >= 0.3 is 0 Å². The van der Waals surface area contributed by atoms with Crippen molar-refractivity contribution < 1.29 is 0 Å². The van der Waals surface area contributed by atoms with Crippen LogP contribution in [-0.4, -0.2) is 29.4 Å². The van der Waals surface area contributed by atoms with Crippen LogP contribution in [0.4, 0.5) is 0 Å². The maximum Gasteiger partial charge on any atom is 0.287 e. The van der Waals surface area contributed by atoms with Crippen molar-refractivity contribution in [1.29, 1.82) is 0 Å². The van der Waals surface area contributed by atoms with Gasteiger partial charge in [-0.2, -0.15) is 19.7 Å². The first-order chi connectivity index (χ1) is 9.75. The van der Waals surface area contributed by atoms with Gasteiger partial charge in [-0.15, -0.1) is 0 Å². The Balaban J connectivity index is 2.14. The van der Waals surface area contributed by atoms with E-state index < -0.39 is 0 Å². The predicted octanol–water partition coefficient (Wildman–Crippen LogP) is 1.06. The average Bonchev–Trinajstić information content (AvgIpc) is 3.05. The lowest BCUT2D eigenvalue weighted by Gasteiger charge is -2.01. The van der Waals surface area contributed by atoms with Gasteiger partial charge in [0.15, 0.2) is 5.65 Å². The van der Waals surface area contributed by atoms with Crippen molar-refractivity contribution in [2.45, 2.75) is 6.92 Å². The van der Waals surface area contributed by atoms with Crippen LogP contribution in [0.1, 0.15) is 5.69 Å². The smallest absolute Gasteiger partial charge is 0.280 e. The number of para-hydroxylation sites is 1. The molecule has 3 heterocycles. The van der Waals surface area contributed by atoms with Crippen LogP contribution >= 0.6 is 0 Å². The first-order valence-corrected chi connectivity index (χ1v) is 6.12. The van der Waals surface area contributed by atoms with Gasteiger partial charge in [0.25, 0.3) is 5.56 Å². The average molecular weight is 266 g/mol. The Morgan fingerprint density at radius 3 is 2.80 bits per heavy atom. The zero-order valence-electron chi connectivity index (χ0n) is 10.6. The van der Waals surface area contributed by atoms with E-state index in [1.807, 2.05) is 30.3 Å². The number of H-pyrrole nitrogens is 1. The van der Waals surface area contributed by atoms with E-state index in [0.717, 1.165) is 5.69 Å². The third-order valence-electron chi connectivity index (χ3n) is 3.26. The Morgan fingerprint density at radius 1 is 1.20 bits per heavy atom. The van der Waals surface area contributed by atoms with Crippen molar-refractivity contribution >= 4 is 16.8 Å². The number of nitrogens with zero attached hydrogens (tertiary/aromatic N) is 5. The molecule has 0 atom stereocenters. The number of rotatable bonds is 1. The molecule has 0 amide bonds. The number of benzene rings is 1. The molecule has 98 valence electrons. The largest absolute Gasteiger partial charge is 0.287 e. The van der Waals surface area contributed by atoms with Gasteiger partial charge in [0.05, 0.1) is 5.69 Å². The molecule has 3 aromatic heterocycles. The highest BCUT2D eigenvalue weighted by Gasteiger charge is 2.14. The van der Waals surface area contributed by atoms with Crippen LogP contribution in [0.5, 0.6) is 0 Å². The van der Waals surface area contributed by atoms with Crippen LogP contribution in [0.3, 0.4) is 0 Å². The van der Waals surface area contributed by atoms with Crippen molar-refractivity contribution in [1.82, 2.24) is 29.4 Å². The number of aryl methyl sites for hydroxylation is 1.